The summed E-state index contributed by atoms with van der Waals surface area (Å²) in [5.74, 6) is 1.36. The van der Waals surface area contributed by atoms with Crippen molar-refractivity contribution in [3.63, 3.8) is 0 Å². The van der Waals surface area contributed by atoms with E-state index in [1.807, 2.05) is 0 Å². The van der Waals surface area contributed by atoms with Gasteiger partial charge in [0.25, 0.3) is 0 Å². The predicted octanol–water partition coefficient (Wildman–Crippen LogP) is 3.05. The van der Waals surface area contributed by atoms with Gasteiger partial charge in [-0.05, 0) is 31.9 Å². The number of hydrogen-bond donors (Lipinski definition) is 1. The molecule has 1 nitrogen and oxygen atoms in total. The van der Waals surface area contributed by atoms with Crippen molar-refractivity contribution in [3.05, 3.63) is 0 Å². The first-order valence-electron chi connectivity index (χ1n) is 5.61. The molecule has 1 heterocycles. The standard InChI is InChI=1S/C11H23NS/c1-4-6-9(2)12-11-7-5-8-13-10(11)3/h9-12H,4-8H2,1-3H3. The molecule has 3 atom stereocenters. The summed E-state index contributed by atoms with van der Waals surface area (Å²) in [7, 11) is 0. The maximum absolute atomic E-state index is 3.75. The molecule has 1 fully saturated rings. The second kappa shape index (κ2) is 5.92. The van der Waals surface area contributed by atoms with Crippen LogP contribution in [0.4, 0.5) is 0 Å². The van der Waals surface area contributed by atoms with Crippen LogP contribution in [0.1, 0.15) is 46.5 Å². The molecule has 1 N–H and O–H groups in total. The highest BCUT2D eigenvalue weighted by molar-refractivity contribution is 7.99. The quantitative estimate of drug-likeness (QED) is 0.750. The van der Waals surface area contributed by atoms with Gasteiger partial charge in [0.05, 0.1) is 0 Å². The minimum atomic E-state index is 0.705. The van der Waals surface area contributed by atoms with E-state index in [4.69, 9.17) is 0 Å². The van der Waals surface area contributed by atoms with Crippen LogP contribution in [-0.4, -0.2) is 23.1 Å². The van der Waals surface area contributed by atoms with Crippen molar-refractivity contribution >= 4 is 11.8 Å². The zero-order valence-electron chi connectivity index (χ0n) is 9.18. The van der Waals surface area contributed by atoms with Crippen LogP contribution < -0.4 is 5.32 Å². The van der Waals surface area contributed by atoms with E-state index in [1.54, 1.807) is 0 Å². The van der Waals surface area contributed by atoms with Gasteiger partial charge in [0.15, 0.2) is 0 Å². The highest BCUT2D eigenvalue weighted by atomic mass is 32.2. The molecular formula is C11H23NS. The van der Waals surface area contributed by atoms with Crippen LogP contribution in [-0.2, 0) is 0 Å². The fourth-order valence-electron chi connectivity index (χ4n) is 2.02. The number of thioether (sulfide) groups is 1. The van der Waals surface area contributed by atoms with E-state index in [9.17, 15) is 0 Å². The van der Waals surface area contributed by atoms with E-state index in [2.05, 4.69) is 37.8 Å². The number of hydrogen-bond acceptors (Lipinski definition) is 2. The van der Waals surface area contributed by atoms with Crippen molar-refractivity contribution in [1.82, 2.24) is 5.32 Å². The molecule has 1 rings (SSSR count). The first kappa shape index (κ1) is 11.4. The molecule has 13 heavy (non-hydrogen) atoms. The Bertz CT molecular complexity index is 138. The lowest BCUT2D eigenvalue weighted by molar-refractivity contribution is 0.395. The number of nitrogens with one attached hydrogen (secondary N) is 1. The summed E-state index contributed by atoms with van der Waals surface area (Å²) >= 11 is 2.12. The van der Waals surface area contributed by atoms with Gasteiger partial charge in [-0.1, -0.05) is 20.3 Å². The molecule has 0 aromatic rings. The minimum Gasteiger partial charge on any atom is -0.310 e. The zero-order valence-corrected chi connectivity index (χ0v) is 9.99. The predicted molar refractivity (Wildman–Crippen MR) is 62.4 cm³/mol. The molecule has 0 bridgehead atoms. The lowest BCUT2D eigenvalue weighted by atomic mass is 10.1. The van der Waals surface area contributed by atoms with Crippen LogP contribution in [0.15, 0.2) is 0 Å². The normalized spacial score (nSPS) is 31.6. The van der Waals surface area contributed by atoms with Gasteiger partial charge in [-0.2, -0.15) is 11.8 Å². The van der Waals surface area contributed by atoms with Crippen LogP contribution in [0.2, 0.25) is 0 Å². The summed E-state index contributed by atoms with van der Waals surface area (Å²) in [5, 5.41) is 4.56. The van der Waals surface area contributed by atoms with Crippen LogP contribution in [0.5, 0.6) is 0 Å². The molecule has 1 aliphatic rings. The third kappa shape index (κ3) is 3.90. The molecule has 2 heteroatoms. The van der Waals surface area contributed by atoms with Gasteiger partial charge in [0, 0.05) is 17.3 Å². The monoisotopic (exact) mass is 201 g/mol. The molecule has 0 radical (unpaired) electrons. The highest BCUT2D eigenvalue weighted by Crippen LogP contribution is 2.25. The van der Waals surface area contributed by atoms with E-state index >= 15 is 0 Å². The van der Waals surface area contributed by atoms with Crippen LogP contribution in [0.25, 0.3) is 0 Å². The van der Waals surface area contributed by atoms with Crippen LogP contribution >= 0.6 is 11.8 Å². The third-order valence-corrected chi connectivity index (χ3v) is 4.21. The Balaban J connectivity index is 2.25. The molecule has 0 saturated carbocycles. The van der Waals surface area contributed by atoms with Crippen molar-refractivity contribution < 1.29 is 0 Å². The largest absolute Gasteiger partial charge is 0.310 e. The van der Waals surface area contributed by atoms with Gasteiger partial charge < -0.3 is 5.32 Å². The SMILES string of the molecule is CCCC(C)NC1CCCSC1C. The summed E-state index contributed by atoms with van der Waals surface area (Å²) in [5.41, 5.74) is 0. The lowest BCUT2D eigenvalue weighted by Crippen LogP contribution is -2.43. The fraction of sp³-hybridized carbons (Fsp3) is 1.00. The molecule has 0 aromatic heterocycles. The summed E-state index contributed by atoms with van der Waals surface area (Å²) in [4.78, 5) is 0. The molecule has 78 valence electrons. The molecule has 0 amide bonds. The maximum atomic E-state index is 3.75. The Kier molecular flexibility index (Phi) is 5.18. The van der Waals surface area contributed by atoms with Gasteiger partial charge in [-0.25, -0.2) is 0 Å². The second-order valence-electron chi connectivity index (χ2n) is 4.18. The fourth-order valence-corrected chi connectivity index (χ4v) is 3.18. The van der Waals surface area contributed by atoms with E-state index in [-0.39, 0.29) is 0 Å². The molecule has 3 unspecified atom stereocenters. The van der Waals surface area contributed by atoms with Gasteiger partial charge >= 0.3 is 0 Å². The van der Waals surface area contributed by atoms with Crippen molar-refractivity contribution in [3.8, 4) is 0 Å². The Hall–Kier alpha value is 0.310. The number of rotatable bonds is 4. The minimum absolute atomic E-state index is 0.705. The van der Waals surface area contributed by atoms with Gasteiger partial charge in [0.2, 0.25) is 0 Å². The van der Waals surface area contributed by atoms with Gasteiger partial charge in [-0.3, -0.25) is 0 Å². The van der Waals surface area contributed by atoms with Gasteiger partial charge in [-0.15, -0.1) is 0 Å². The van der Waals surface area contributed by atoms with E-state index < -0.39 is 0 Å². The average Bonchev–Trinajstić information content (AvgIpc) is 2.09. The Morgan fingerprint density at radius 1 is 1.54 bits per heavy atom. The van der Waals surface area contributed by atoms with Crippen molar-refractivity contribution in [2.75, 3.05) is 5.75 Å². The molecular weight excluding hydrogens is 178 g/mol. The topological polar surface area (TPSA) is 12.0 Å². The maximum Gasteiger partial charge on any atom is 0.0186 e. The summed E-state index contributed by atoms with van der Waals surface area (Å²) in [6.07, 6.45) is 5.38. The Labute approximate surface area is 87.1 Å². The van der Waals surface area contributed by atoms with Crippen molar-refractivity contribution in [2.45, 2.75) is 63.8 Å². The van der Waals surface area contributed by atoms with Crippen LogP contribution in [0.3, 0.4) is 0 Å². The Morgan fingerprint density at radius 2 is 2.31 bits per heavy atom. The first-order valence-corrected chi connectivity index (χ1v) is 6.66. The average molecular weight is 201 g/mol. The second-order valence-corrected chi connectivity index (χ2v) is 5.67. The third-order valence-electron chi connectivity index (χ3n) is 2.83. The highest BCUT2D eigenvalue weighted by Gasteiger charge is 2.22. The molecule has 0 spiro atoms. The van der Waals surface area contributed by atoms with Crippen molar-refractivity contribution in [1.29, 1.82) is 0 Å². The summed E-state index contributed by atoms with van der Waals surface area (Å²) in [6.45, 7) is 6.94. The molecule has 1 saturated heterocycles. The lowest BCUT2D eigenvalue weighted by Gasteiger charge is -2.31. The summed E-state index contributed by atoms with van der Waals surface area (Å²) < 4.78 is 0. The molecule has 0 aliphatic carbocycles. The Morgan fingerprint density at radius 3 is 2.92 bits per heavy atom. The van der Waals surface area contributed by atoms with Crippen molar-refractivity contribution in [2.24, 2.45) is 0 Å². The van der Waals surface area contributed by atoms with E-state index in [0.29, 0.717) is 6.04 Å². The molecule has 1 aliphatic heterocycles. The first-order chi connectivity index (χ1) is 6.24. The zero-order chi connectivity index (χ0) is 9.68. The molecule has 0 aromatic carbocycles. The van der Waals surface area contributed by atoms with Crippen LogP contribution in [0, 0.1) is 0 Å². The van der Waals surface area contributed by atoms with Gasteiger partial charge in [0.1, 0.15) is 0 Å². The van der Waals surface area contributed by atoms with E-state index in [0.717, 1.165) is 11.3 Å². The smallest absolute Gasteiger partial charge is 0.0186 e. The van der Waals surface area contributed by atoms with E-state index in [1.165, 1.54) is 31.4 Å². The summed E-state index contributed by atoms with van der Waals surface area (Å²) in [6, 6.07) is 1.47.